The molecule has 108 valence electrons. The molecule has 0 aliphatic rings. The summed E-state index contributed by atoms with van der Waals surface area (Å²) in [7, 11) is -3.10. The molecule has 19 heavy (non-hydrogen) atoms. The van der Waals surface area contributed by atoms with E-state index in [0.29, 0.717) is 19.5 Å². The highest BCUT2D eigenvalue weighted by Gasteiger charge is 2.09. The lowest BCUT2D eigenvalue weighted by molar-refractivity contribution is 0.579. The van der Waals surface area contributed by atoms with Crippen molar-refractivity contribution in [3.05, 3.63) is 29.8 Å². The molecule has 0 spiro atoms. The van der Waals surface area contributed by atoms with E-state index in [1.54, 1.807) is 0 Å². The van der Waals surface area contributed by atoms with Gasteiger partial charge in [-0.15, -0.1) is 0 Å². The van der Waals surface area contributed by atoms with Crippen LogP contribution in [0.5, 0.6) is 0 Å². The van der Waals surface area contributed by atoms with Crippen LogP contribution in [0.2, 0.25) is 0 Å². The molecule has 0 aliphatic carbocycles. The highest BCUT2D eigenvalue weighted by molar-refractivity contribution is 7.89. The van der Waals surface area contributed by atoms with E-state index in [9.17, 15) is 8.42 Å². The smallest absolute Gasteiger partial charge is 0.211 e. The Balaban J connectivity index is 2.55. The van der Waals surface area contributed by atoms with Crippen molar-refractivity contribution in [3.8, 4) is 0 Å². The number of hydrogen-bond acceptors (Lipinski definition) is 3. The van der Waals surface area contributed by atoms with Crippen LogP contribution in [0.1, 0.15) is 25.8 Å². The first-order valence-electron chi connectivity index (χ1n) is 6.77. The molecule has 0 unspecified atom stereocenters. The third kappa shape index (κ3) is 5.61. The maximum absolute atomic E-state index is 11.6. The van der Waals surface area contributed by atoms with Crippen LogP contribution >= 0.6 is 0 Å². The minimum Gasteiger partial charge on any atom is -0.370 e. The third-order valence-electron chi connectivity index (χ3n) is 2.93. The van der Waals surface area contributed by atoms with Gasteiger partial charge in [0.1, 0.15) is 0 Å². The van der Waals surface area contributed by atoms with Crippen LogP contribution in [0, 0.1) is 6.92 Å². The molecule has 0 saturated carbocycles. The molecule has 0 saturated heterocycles. The Hall–Kier alpha value is -1.07. The van der Waals surface area contributed by atoms with Crippen LogP contribution in [0.4, 0.5) is 5.69 Å². The van der Waals surface area contributed by atoms with Crippen molar-refractivity contribution < 1.29 is 8.42 Å². The molecule has 0 amide bonds. The molecule has 0 aliphatic heterocycles. The average molecular weight is 284 g/mol. The molecular formula is C14H24N2O2S. The van der Waals surface area contributed by atoms with Crippen LogP contribution in [0.15, 0.2) is 24.3 Å². The summed E-state index contributed by atoms with van der Waals surface area (Å²) in [4.78, 5) is 2.17. The molecule has 0 heterocycles. The lowest BCUT2D eigenvalue weighted by atomic mass is 10.2. The lowest BCUT2D eigenvalue weighted by Crippen LogP contribution is -2.35. The summed E-state index contributed by atoms with van der Waals surface area (Å²) in [5, 5.41) is 0. The molecule has 1 N–H and O–H groups in total. The topological polar surface area (TPSA) is 49.4 Å². The van der Waals surface area contributed by atoms with E-state index in [-0.39, 0.29) is 5.75 Å². The number of rotatable bonds is 8. The van der Waals surface area contributed by atoms with Crippen molar-refractivity contribution in [2.45, 2.75) is 27.2 Å². The molecule has 0 radical (unpaired) electrons. The maximum Gasteiger partial charge on any atom is 0.211 e. The number of nitrogens with one attached hydrogen (secondary N) is 1. The summed E-state index contributed by atoms with van der Waals surface area (Å²) in [5.41, 5.74) is 2.35. The van der Waals surface area contributed by atoms with E-state index in [4.69, 9.17) is 0 Å². The van der Waals surface area contributed by atoms with Crippen LogP contribution < -0.4 is 9.62 Å². The van der Waals surface area contributed by atoms with Gasteiger partial charge in [-0.1, -0.05) is 19.1 Å². The highest BCUT2D eigenvalue weighted by atomic mass is 32.2. The van der Waals surface area contributed by atoms with Gasteiger partial charge in [-0.25, -0.2) is 13.1 Å². The van der Waals surface area contributed by atoms with Gasteiger partial charge in [-0.3, -0.25) is 0 Å². The van der Waals surface area contributed by atoms with Crippen molar-refractivity contribution in [2.75, 3.05) is 30.3 Å². The van der Waals surface area contributed by atoms with E-state index in [1.807, 2.05) is 13.0 Å². The first-order chi connectivity index (χ1) is 8.98. The van der Waals surface area contributed by atoms with Gasteiger partial charge in [0.05, 0.1) is 5.75 Å². The Morgan fingerprint density at radius 2 is 2.00 bits per heavy atom. The van der Waals surface area contributed by atoms with Gasteiger partial charge in [0.2, 0.25) is 10.0 Å². The zero-order valence-corrected chi connectivity index (χ0v) is 12.8. The summed E-state index contributed by atoms with van der Waals surface area (Å²) in [6.07, 6.45) is 0.644. The van der Waals surface area contributed by atoms with E-state index in [1.165, 1.54) is 5.56 Å². The van der Waals surface area contributed by atoms with E-state index in [2.05, 4.69) is 41.7 Å². The summed E-state index contributed by atoms with van der Waals surface area (Å²) < 4.78 is 25.8. The molecule has 1 aromatic carbocycles. The predicted molar refractivity (Wildman–Crippen MR) is 81.1 cm³/mol. The van der Waals surface area contributed by atoms with Gasteiger partial charge in [-0.2, -0.15) is 0 Å². The van der Waals surface area contributed by atoms with E-state index in [0.717, 1.165) is 12.2 Å². The number of benzene rings is 1. The normalized spacial score (nSPS) is 11.5. The van der Waals surface area contributed by atoms with Crippen molar-refractivity contribution in [2.24, 2.45) is 0 Å². The maximum atomic E-state index is 11.6. The fraction of sp³-hybridized carbons (Fsp3) is 0.571. The molecular weight excluding hydrogens is 260 g/mol. The van der Waals surface area contributed by atoms with Crippen molar-refractivity contribution in [3.63, 3.8) is 0 Å². The Morgan fingerprint density at radius 3 is 2.58 bits per heavy atom. The number of likely N-dealkylation sites (N-methyl/N-ethyl adjacent to an activating group) is 1. The summed E-state index contributed by atoms with van der Waals surface area (Å²) in [5.74, 6) is 0.198. The van der Waals surface area contributed by atoms with Gasteiger partial charge in [0.25, 0.3) is 0 Å². The molecule has 0 aromatic heterocycles. The average Bonchev–Trinajstić information content (AvgIpc) is 2.34. The first-order valence-corrected chi connectivity index (χ1v) is 8.42. The fourth-order valence-electron chi connectivity index (χ4n) is 1.97. The Labute approximate surface area is 116 Å². The number of anilines is 1. The second kappa shape index (κ2) is 7.50. The number of aryl methyl sites for hydroxylation is 1. The first kappa shape index (κ1) is 16.0. The SMILES string of the molecule is CCCS(=O)(=O)NCCN(CC)c1cccc(C)c1. The third-order valence-corrected chi connectivity index (χ3v) is 4.51. The molecule has 0 atom stereocenters. The second-order valence-corrected chi connectivity index (χ2v) is 6.56. The monoisotopic (exact) mass is 284 g/mol. The molecule has 4 nitrogen and oxygen atoms in total. The summed E-state index contributed by atoms with van der Waals surface area (Å²) in [6.45, 7) is 7.99. The number of nitrogens with zero attached hydrogens (tertiary/aromatic N) is 1. The van der Waals surface area contributed by atoms with Gasteiger partial charge in [0, 0.05) is 25.3 Å². The number of hydrogen-bond donors (Lipinski definition) is 1. The predicted octanol–water partition coefficient (Wildman–Crippen LogP) is 2.15. The Bertz CT molecular complexity index is 486. The molecule has 0 fully saturated rings. The fourth-order valence-corrected chi connectivity index (χ4v) is 3.06. The highest BCUT2D eigenvalue weighted by Crippen LogP contribution is 2.14. The summed E-state index contributed by atoms with van der Waals surface area (Å²) in [6, 6.07) is 8.25. The standard InChI is InChI=1S/C14H24N2O2S/c1-4-11-19(17,18)15-9-10-16(5-2)14-8-6-7-13(3)12-14/h6-8,12,15H,4-5,9-11H2,1-3H3. The van der Waals surface area contributed by atoms with Crippen molar-refractivity contribution in [1.82, 2.24) is 4.72 Å². The Morgan fingerprint density at radius 1 is 1.26 bits per heavy atom. The van der Waals surface area contributed by atoms with Crippen molar-refractivity contribution in [1.29, 1.82) is 0 Å². The van der Waals surface area contributed by atoms with Gasteiger partial charge in [-0.05, 0) is 38.0 Å². The second-order valence-electron chi connectivity index (χ2n) is 4.63. The minimum atomic E-state index is -3.10. The van der Waals surface area contributed by atoms with E-state index < -0.39 is 10.0 Å². The Kier molecular flexibility index (Phi) is 6.31. The molecule has 1 aromatic rings. The van der Waals surface area contributed by atoms with Crippen LogP contribution in [-0.2, 0) is 10.0 Å². The zero-order valence-electron chi connectivity index (χ0n) is 12.0. The largest absolute Gasteiger partial charge is 0.370 e. The van der Waals surface area contributed by atoms with Crippen LogP contribution in [-0.4, -0.2) is 33.8 Å². The molecule has 1 rings (SSSR count). The van der Waals surface area contributed by atoms with Crippen LogP contribution in [0.3, 0.4) is 0 Å². The lowest BCUT2D eigenvalue weighted by Gasteiger charge is -2.23. The van der Waals surface area contributed by atoms with Gasteiger partial charge in [0.15, 0.2) is 0 Å². The van der Waals surface area contributed by atoms with Crippen LogP contribution in [0.25, 0.3) is 0 Å². The minimum absolute atomic E-state index is 0.198. The van der Waals surface area contributed by atoms with E-state index >= 15 is 0 Å². The quantitative estimate of drug-likeness (QED) is 0.796. The van der Waals surface area contributed by atoms with Gasteiger partial charge < -0.3 is 4.90 Å². The summed E-state index contributed by atoms with van der Waals surface area (Å²) >= 11 is 0. The van der Waals surface area contributed by atoms with Gasteiger partial charge >= 0.3 is 0 Å². The number of sulfonamides is 1. The zero-order chi connectivity index (χ0) is 14.3. The van der Waals surface area contributed by atoms with Crippen molar-refractivity contribution >= 4 is 15.7 Å². The molecule has 0 bridgehead atoms. The molecule has 5 heteroatoms.